The van der Waals surface area contributed by atoms with Crippen molar-refractivity contribution < 1.29 is 38.2 Å². The van der Waals surface area contributed by atoms with Crippen molar-refractivity contribution in [2.24, 2.45) is 11.8 Å². The minimum Gasteiger partial charge on any atom is -0.459 e. The molecule has 1 aliphatic heterocycles. The molecular formula is C31H58Cl2O8Si2. The number of halogens is 2. The Hall–Kier alpha value is -0.336. The molecule has 0 spiro atoms. The third-order valence-electron chi connectivity index (χ3n) is 9.98. The predicted octanol–water partition coefficient (Wildman–Crippen LogP) is 6.62. The van der Waals surface area contributed by atoms with Gasteiger partial charge in [-0.1, -0.05) is 55.4 Å². The monoisotopic (exact) mass is 684 g/mol. The third kappa shape index (κ3) is 9.14. The highest BCUT2D eigenvalue weighted by atomic mass is 35.5. The van der Waals surface area contributed by atoms with E-state index in [1.54, 1.807) is 20.8 Å². The van der Waals surface area contributed by atoms with Crippen molar-refractivity contribution in [2.45, 2.75) is 166 Å². The maximum atomic E-state index is 13.9. The fraction of sp³-hybridized carbons (Fsp3) is 0.903. The highest BCUT2D eigenvalue weighted by Crippen LogP contribution is 2.43. The van der Waals surface area contributed by atoms with Crippen LogP contribution in [-0.2, 0) is 28.0 Å². The number of Topliss-reactive ketones (excluding diaryl/α,β-unsaturated/α-hetero) is 2. The highest BCUT2D eigenvalue weighted by molar-refractivity contribution is 6.74. The van der Waals surface area contributed by atoms with E-state index in [0.29, 0.717) is 0 Å². The van der Waals surface area contributed by atoms with Crippen LogP contribution in [0.2, 0.25) is 36.3 Å². The van der Waals surface area contributed by atoms with Crippen LogP contribution in [0.15, 0.2) is 0 Å². The van der Waals surface area contributed by atoms with Gasteiger partial charge in [0.2, 0.25) is 0 Å². The van der Waals surface area contributed by atoms with Crippen LogP contribution in [0.5, 0.6) is 0 Å². The van der Waals surface area contributed by atoms with Gasteiger partial charge in [-0.3, -0.25) is 14.4 Å². The highest BCUT2D eigenvalue weighted by Gasteiger charge is 2.53. The summed E-state index contributed by atoms with van der Waals surface area (Å²) in [5.41, 5.74) is -4.12. The Morgan fingerprint density at radius 2 is 1.23 bits per heavy atom. The van der Waals surface area contributed by atoms with E-state index in [9.17, 15) is 24.6 Å². The lowest BCUT2D eigenvalue weighted by molar-refractivity contribution is -0.176. The zero-order valence-corrected chi connectivity index (χ0v) is 32.6. The van der Waals surface area contributed by atoms with Crippen molar-refractivity contribution in [3.8, 4) is 0 Å². The van der Waals surface area contributed by atoms with E-state index >= 15 is 0 Å². The molecule has 0 aromatic rings. The Balaban J connectivity index is 3.88. The fourth-order valence-corrected chi connectivity index (χ4v) is 8.74. The molecule has 1 saturated heterocycles. The van der Waals surface area contributed by atoms with Crippen molar-refractivity contribution in [1.82, 2.24) is 0 Å². The lowest BCUT2D eigenvalue weighted by Crippen LogP contribution is -2.59. The molecule has 0 saturated carbocycles. The van der Waals surface area contributed by atoms with Gasteiger partial charge < -0.3 is 23.8 Å². The number of esters is 1. The molecule has 0 unspecified atom stereocenters. The molecule has 0 bridgehead atoms. The van der Waals surface area contributed by atoms with E-state index in [-0.39, 0.29) is 22.9 Å². The summed E-state index contributed by atoms with van der Waals surface area (Å²) in [5.74, 6) is -3.92. The summed E-state index contributed by atoms with van der Waals surface area (Å²) < 4.78 is 19.0. The van der Waals surface area contributed by atoms with Crippen molar-refractivity contribution in [1.29, 1.82) is 0 Å². The first-order valence-electron chi connectivity index (χ1n) is 15.3. The summed E-state index contributed by atoms with van der Waals surface area (Å²) in [6, 6.07) is 0. The van der Waals surface area contributed by atoms with E-state index in [1.807, 2.05) is 67.7 Å². The number of rotatable bonds is 5. The number of cyclic esters (lactones) is 1. The van der Waals surface area contributed by atoms with E-state index < -0.39 is 86.3 Å². The second kappa shape index (κ2) is 13.8. The van der Waals surface area contributed by atoms with Crippen LogP contribution in [0, 0.1) is 11.8 Å². The first-order chi connectivity index (χ1) is 19.0. The number of hydrogen-bond acceptors (Lipinski definition) is 8. The Morgan fingerprint density at radius 3 is 1.63 bits per heavy atom. The average Bonchev–Trinajstić information content (AvgIpc) is 2.84. The molecule has 0 amide bonds. The number of ketones is 2. The second-order valence-electron chi connectivity index (χ2n) is 15.9. The number of aliphatic hydroxyl groups is 2. The van der Waals surface area contributed by atoms with Gasteiger partial charge in [-0.15, -0.1) is 23.2 Å². The molecule has 0 radical (unpaired) electrons. The molecule has 1 rings (SSSR count). The second-order valence-corrected chi connectivity index (χ2v) is 26.4. The van der Waals surface area contributed by atoms with Gasteiger partial charge >= 0.3 is 5.97 Å². The Morgan fingerprint density at radius 1 is 0.837 bits per heavy atom. The smallest absolute Gasteiger partial charge is 0.311 e. The number of carbonyl (C=O) groups is 3. The van der Waals surface area contributed by atoms with E-state index in [1.165, 1.54) is 13.8 Å². The van der Waals surface area contributed by atoms with Crippen LogP contribution in [0.25, 0.3) is 0 Å². The molecular weight excluding hydrogens is 627 g/mol. The maximum Gasteiger partial charge on any atom is 0.311 e. The zero-order chi connectivity index (χ0) is 34.3. The van der Waals surface area contributed by atoms with E-state index in [2.05, 4.69) is 0 Å². The average molecular weight is 686 g/mol. The first-order valence-corrected chi connectivity index (χ1v) is 22.0. The minimum atomic E-state index is -2.60. The lowest BCUT2D eigenvalue weighted by Gasteiger charge is -2.45. The van der Waals surface area contributed by atoms with Crippen molar-refractivity contribution >= 4 is 57.4 Å². The molecule has 1 aliphatic rings. The van der Waals surface area contributed by atoms with Crippen molar-refractivity contribution in [3.63, 3.8) is 0 Å². The van der Waals surface area contributed by atoms with Gasteiger partial charge in [-0.05, 0) is 75.8 Å². The molecule has 2 N–H and O–H groups in total. The van der Waals surface area contributed by atoms with Crippen LogP contribution in [0.4, 0.5) is 0 Å². The minimum absolute atomic E-state index is 0.121. The van der Waals surface area contributed by atoms with Crippen LogP contribution >= 0.6 is 23.2 Å². The number of hydrogen-bond donors (Lipinski definition) is 2. The molecule has 12 heteroatoms. The molecule has 43 heavy (non-hydrogen) atoms. The Labute approximate surface area is 272 Å². The molecule has 8 nitrogen and oxygen atoms in total. The molecule has 0 aromatic heterocycles. The summed E-state index contributed by atoms with van der Waals surface area (Å²) >= 11 is 13.7. The molecule has 252 valence electrons. The molecule has 1 heterocycles. The molecule has 0 aromatic carbocycles. The number of alkyl halides is 2. The van der Waals surface area contributed by atoms with Gasteiger partial charge in [0.25, 0.3) is 0 Å². The van der Waals surface area contributed by atoms with Crippen LogP contribution < -0.4 is 0 Å². The SMILES string of the molecule is CC[C@H]1OC(=O)[C@H](C)[C@@H](O[Si](C)(C)C(C)(C)C)[C@@H](Cl)C(=O)[C@](C)(O)C[C@@H](C)[C@H](O[Si](C)(C)C(C)(C)C)[C@@H](Cl)C(=O)[C@]1(C)O. The van der Waals surface area contributed by atoms with Gasteiger partial charge in [-0.2, -0.15) is 0 Å². The first kappa shape index (κ1) is 40.7. The number of carbonyl (C=O) groups excluding carboxylic acids is 3. The maximum absolute atomic E-state index is 13.9. The lowest BCUT2D eigenvalue weighted by atomic mass is 9.80. The molecule has 0 aliphatic carbocycles. The normalized spacial score (nSPS) is 36.7. The topological polar surface area (TPSA) is 119 Å². The van der Waals surface area contributed by atoms with Crippen LogP contribution in [-0.4, -0.2) is 84.7 Å². The Kier molecular flexibility index (Phi) is 13.1. The van der Waals surface area contributed by atoms with Crippen LogP contribution in [0.3, 0.4) is 0 Å². The van der Waals surface area contributed by atoms with Gasteiger partial charge in [0.05, 0.1) is 18.1 Å². The van der Waals surface area contributed by atoms with Crippen LogP contribution in [0.1, 0.15) is 89.0 Å². The quantitative estimate of drug-likeness (QED) is 0.188. The van der Waals surface area contributed by atoms with Crippen molar-refractivity contribution in [3.05, 3.63) is 0 Å². The van der Waals surface area contributed by atoms with E-state index in [0.717, 1.165) is 0 Å². The summed E-state index contributed by atoms with van der Waals surface area (Å²) in [6.45, 7) is 27.8. The molecule has 9 atom stereocenters. The summed E-state index contributed by atoms with van der Waals surface area (Å²) in [7, 11) is -5.15. The summed E-state index contributed by atoms with van der Waals surface area (Å²) in [4.78, 5) is 41.5. The van der Waals surface area contributed by atoms with Gasteiger partial charge in [-0.25, -0.2) is 0 Å². The standard InChI is InChI=1S/C31H58Cl2O8Si2/c1-16-20-31(11,38)26(35)21(32)23(40-42(12,13)28(4,5)6)18(2)17-30(10,37)25(34)22(33)24(19(3)27(36)39-20)41-43(14,15)29(7,8)9/h18-24,37-38H,16-17H2,1-15H3/t18-,19-,20-,21-,22-,23+,24-,30-,31-/m1/s1. The predicted molar refractivity (Wildman–Crippen MR) is 178 cm³/mol. The van der Waals surface area contributed by atoms with Gasteiger partial charge in [0.1, 0.15) is 22.5 Å². The van der Waals surface area contributed by atoms with E-state index in [4.69, 9.17) is 36.8 Å². The Bertz CT molecular complexity index is 1020. The fourth-order valence-electron chi connectivity index (χ4n) is 4.77. The largest absolute Gasteiger partial charge is 0.459 e. The number of ether oxygens (including phenoxy) is 1. The zero-order valence-electron chi connectivity index (χ0n) is 29.1. The summed E-state index contributed by atoms with van der Waals surface area (Å²) in [5, 5.41) is 19.9. The van der Waals surface area contributed by atoms with Gasteiger partial charge in [0.15, 0.2) is 33.8 Å². The third-order valence-corrected chi connectivity index (χ3v) is 19.8. The van der Waals surface area contributed by atoms with Gasteiger partial charge in [0, 0.05) is 0 Å². The molecule has 1 fully saturated rings. The summed E-state index contributed by atoms with van der Waals surface area (Å²) in [6.07, 6.45) is -3.34. The van der Waals surface area contributed by atoms with Crippen molar-refractivity contribution in [2.75, 3.05) is 0 Å².